The fourth-order valence-electron chi connectivity index (χ4n) is 2.22. The minimum Gasteiger partial charge on any atom is -0.290 e. The average Bonchev–Trinajstić information content (AvgIpc) is 2.31. The lowest BCUT2D eigenvalue weighted by molar-refractivity contribution is -0.141. The van der Waals surface area contributed by atoms with Gasteiger partial charge in [0.25, 0.3) is 5.78 Å². The highest BCUT2D eigenvalue weighted by Gasteiger charge is 2.54. The predicted molar refractivity (Wildman–Crippen MR) is 50.5 cm³/mol. The van der Waals surface area contributed by atoms with Crippen molar-refractivity contribution in [1.29, 1.82) is 0 Å². The summed E-state index contributed by atoms with van der Waals surface area (Å²) in [6.45, 7) is 0. The monoisotopic (exact) mass is 234 g/mol. The highest BCUT2D eigenvalue weighted by molar-refractivity contribution is 6.68. The van der Waals surface area contributed by atoms with Gasteiger partial charge in [0, 0.05) is 16.7 Å². The third-order valence-electron chi connectivity index (χ3n) is 2.90. The van der Waals surface area contributed by atoms with Crippen molar-refractivity contribution in [2.24, 2.45) is 11.8 Å². The Hall–Kier alpha value is -0.410. The maximum absolute atomic E-state index is 11.4. The van der Waals surface area contributed by atoms with E-state index in [1.165, 1.54) is 0 Å². The second kappa shape index (κ2) is 3.31. The number of halogens is 2. The van der Waals surface area contributed by atoms with Crippen LogP contribution in [0.1, 0.15) is 12.8 Å². The summed E-state index contributed by atoms with van der Waals surface area (Å²) in [6, 6.07) is 0. The number of carbonyl (C=O) groups is 3. The average molecular weight is 235 g/mol. The number of alkyl halides is 2. The second-order valence-electron chi connectivity index (χ2n) is 3.77. The maximum Gasteiger partial charge on any atom is 0.264 e. The molecule has 0 aromatic carbocycles. The Labute approximate surface area is 90.7 Å². The summed E-state index contributed by atoms with van der Waals surface area (Å²) in [5.74, 6) is -3.30. The van der Waals surface area contributed by atoms with Crippen molar-refractivity contribution in [2.75, 3.05) is 0 Å². The lowest BCUT2D eigenvalue weighted by Gasteiger charge is -2.29. The van der Waals surface area contributed by atoms with Crippen molar-refractivity contribution in [3.63, 3.8) is 0 Å². The van der Waals surface area contributed by atoms with Crippen LogP contribution in [-0.2, 0) is 14.4 Å². The van der Waals surface area contributed by atoms with E-state index in [1.54, 1.807) is 0 Å². The molecule has 0 aromatic heterocycles. The van der Waals surface area contributed by atoms with Gasteiger partial charge >= 0.3 is 0 Å². The molecule has 2 aliphatic rings. The third-order valence-corrected chi connectivity index (χ3v) is 3.71. The van der Waals surface area contributed by atoms with Crippen LogP contribution >= 0.6 is 23.2 Å². The number of hydrogen-bond donors (Lipinski definition) is 0. The Bertz CT molecular complexity index is 326. The molecule has 0 radical (unpaired) electrons. The van der Waals surface area contributed by atoms with Gasteiger partial charge in [0.05, 0.1) is 5.92 Å². The van der Waals surface area contributed by atoms with E-state index in [2.05, 4.69) is 0 Å². The fraction of sp³-hybridized carbons (Fsp3) is 0.667. The minimum atomic E-state index is -0.892. The van der Waals surface area contributed by atoms with Crippen LogP contribution in [0, 0.1) is 11.8 Å². The topological polar surface area (TPSA) is 51.2 Å². The Morgan fingerprint density at radius 2 is 1.64 bits per heavy atom. The molecule has 14 heavy (non-hydrogen) atoms. The molecule has 5 heteroatoms. The quantitative estimate of drug-likeness (QED) is 0.464. The molecule has 0 aliphatic heterocycles. The van der Waals surface area contributed by atoms with Crippen molar-refractivity contribution in [3.05, 3.63) is 0 Å². The molecule has 2 fully saturated rings. The zero-order chi connectivity index (χ0) is 10.5. The van der Waals surface area contributed by atoms with Gasteiger partial charge in [-0.3, -0.25) is 14.4 Å². The number of Topliss-reactive ketones (excluding diaryl/α,β-unsaturated/α-hetero) is 3. The van der Waals surface area contributed by atoms with Crippen LogP contribution in [0.25, 0.3) is 0 Å². The highest BCUT2D eigenvalue weighted by atomic mass is 35.5. The van der Waals surface area contributed by atoms with E-state index in [-0.39, 0.29) is 5.38 Å². The van der Waals surface area contributed by atoms with Gasteiger partial charge in [0.1, 0.15) is 0 Å². The normalized spacial score (nSPS) is 42.9. The highest BCUT2D eigenvalue weighted by Crippen LogP contribution is 2.41. The largest absolute Gasteiger partial charge is 0.290 e. The summed E-state index contributed by atoms with van der Waals surface area (Å²) in [6.07, 6.45) is 0.877. The number of carbonyl (C=O) groups excluding carboxylic acids is 3. The first kappa shape index (κ1) is 10.1. The van der Waals surface area contributed by atoms with Gasteiger partial charge in [-0.15, -0.1) is 23.2 Å². The van der Waals surface area contributed by atoms with Crippen LogP contribution in [-0.4, -0.2) is 28.1 Å². The predicted octanol–water partition coefficient (Wildman–Crippen LogP) is 0.948. The fourth-order valence-corrected chi connectivity index (χ4v) is 3.20. The van der Waals surface area contributed by atoms with Crippen molar-refractivity contribution in [2.45, 2.75) is 23.6 Å². The van der Waals surface area contributed by atoms with Crippen LogP contribution in [0.15, 0.2) is 0 Å². The summed E-state index contributed by atoms with van der Waals surface area (Å²) in [4.78, 5) is 33.8. The molecule has 0 saturated heterocycles. The summed E-state index contributed by atoms with van der Waals surface area (Å²) in [5.41, 5.74) is 0. The molecular weight excluding hydrogens is 227 g/mol. The van der Waals surface area contributed by atoms with Gasteiger partial charge in [-0.05, 0) is 12.8 Å². The first-order valence-electron chi connectivity index (χ1n) is 4.43. The van der Waals surface area contributed by atoms with Gasteiger partial charge in [-0.2, -0.15) is 0 Å². The van der Waals surface area contributed by atoms with Crippen molar-refractivity contribution in [3.8, 4) is 0 Å². The van der Waals surface area contributed by atoms with Crippen LogP contribution in [0.4, 0.5) is 0 Å². The van der Waals surface area contributed by atoms with E-state index in [0.717, 1.165) is 0 Å². The number of hydrogen-bond acceptors (Lipinski definition) is 3. The van der Waals surface area contributed by atoms with Crippen LogP contribution < -0.4 is 0 Å². The number of fused-ring (bicyclic) bond motifs is 1. The molecular formula is C9H8Cl2O3. The Morgan fingerprint density at radius 1 is 1.00 bits per heavy atom. The van der Waals surface area contributed by atoms with Crippen molar-refractivity contribution >= 4 is 40.6 Å². The summed E-state index contributed by atoms with van der Waals surface area (Å²) in [7, 11) is 0. The minimum absolute atomic E-state index is 0.207. The van der Waals surface area contributed by atoms with Crippen LogP contribution in [0.5, 0.6) is 0 Å². The Balaban J connectivity index is 2.34. The summed E-state index contributed by atoms with van der Waals surface area (Å²) in [5, 5.41) is -0.680. The molecule has 0 aromatic rings. The van der Waals surface area contributed by atoms with Crippen molar-refractivity contribution in [1.82, 2.24) is 0 Å². The SMILES string of the molecule is O=C1C(=O)C2CC(Cl)CC(Cl)C2C1=O. The number of ketones is 3. The van der Waals surface area contributed by atoms with E-state index in [4.69, 9.17) is 23.2 Å². The molecule has 0 heterocycles. The van der Waals surface area contributed by atoms with E-state index < -0.39 is 34.6 Å². The lowest BCUT2D eigenvalue weighted by atomic mass is 9.80. The zero-order valence-electron chi connectivity index (χ0n) is 7.20. The molecule has 4 unspecified atom stereocenters. The molecule has 0 bridgehead atoms. The zero-order valence-corrected chi connectivity index (χ0v) is 8.72. The summed E-state index contributed by atoms with van der Waals surface area (Å²) < 4.78 is 0. The summed E-state index contributed by atoms with van der Waals surface area (Å²) >= 11 is 11.8. The molecule has 0 amide bonds. The molecule has 2 aliphatic carbocycles. The molecule has 0 spiro atoms. The van der Waals surface area contributed by atoms with Crippen molar-refractivity contribution < 1.29 is 14.4 Å². The van der Waals surface area contributed by atoms with Crippen LogP contribution in [0.3, 0.4) is 0 Å². The van der Waals surface area contributed by atoms with Crippen LogP contribution in [0.2, 0.25) is 0 Å². The van der Waals surface area contributed by atoms with E-state index in [9.17, 15) is 14.4 Å². The first-order valence-corrected chi connectivity index (χ1v) is 5.30. The van der Waals surface area contributed by atoms with E-state index >= 15 is 0 Å². The first-order chi connectivity index (χ1) is 6.52. The second-order valence-corrected chi connectivity index (χ2v) is 4.95. The van der Waals surface area contributed by atoms with E-state index in [0.29, 0.717) is 12.8 Å². The molecule has 0 N–H and O–H groups in total. The lowest BCUT2D eigenvalue weighted by Crippen LogP contribution is -2.35. The van der Waals surface area contributed by atoms with Gasteiger partial charge in [0.15, 0.2) is 0 Å². The standard InChI is InChI=1S/C9H8Cl2O3/c10-3-1-4-6(5(11)2-3)8(13)9(14)7(4)12/h3-6H,1-2H2. The third kappa shape index (κ3) is 1.30. The maximum atomic E-state index is 11.4. The Morgan fingerprint density at radius 3 is 2.29 bits per heavy atom. The molecule has 2 rings (SSSR count). The Kier molecular flexibility index (Phi) is 2.40. The molecule has 76 valence electrons. The van der Waals surface area contributed by atoms with Gasteiger partial charge < -0.3 is 0 Å². The van der Waals surface area contributed by atoms with Gasteiger partial charge in [-0.1, -0.05) is 0 Å². The van der Waals surface area contributed by atoms with E-state index in [1.807, 2.05) is 0 Å². The number of rotatable bonds is 0. The molecule has 4 atom stereocenters. The smallest absolute Gasteiger partial charge is 0.264 e. The molecule has 2 saturated carbocycles. The molecule has 3 nitrogen and oxygen atoms in total. The van der Waals surface area contributed by atoms with Gasteiger partial charge in [-0.25, -0.2) is 0 Å². The van der Waals surface area contributed by atoms with Gasteiger partial charge in [0.2, 0.25) is 11.6 Å².